The third-order valence-corrected chi connectivity index (χ3v) is 5.38. The Morgan fingerprint density at radius 1 is 1.60 bits per heavy atom. The number of nitrogens with two attached hydrogens (primary N) is 1. The van der Waals surface area contributed by atoms with Crippen molar-refractivity contribution in [3.05, 3.63) is 24.1 Å². The van der Waals surface area contributed by atoms with Crippen LogP contribution in [-0.4, -0.2) is 50.1 Å². The average molecular weight is 303 g/mol. The molecule has 0 amide bonds. The molecule has 0 spiro atoms. The number of sulfonamides is 1. The lowest BCUT2D eigenvalue weighted by Gasteiger charge is -2.37. The van der Waals surface area contributed by atoms with Gasteiger partial charge in [0, 0.05) is 32.4 Å². The molecular formula is C12H18FN3O3S. The molecule has 1 aliphatic heterocycles. The number of nitrogens with zero attached hydrogens (tertiary/aromatic N) is 2. The molecule has 2 rings (SSSR count). The molecule has 8 heteroatoms. The molecule has 1 aromatic rings. The minimum absolute atomic E-state index is 0.0245. The van der Waals surface area contributed by atoms with Crippen LogP contribution in [0.2, 0.25) is 0 Å². The van der Waals surface area contributed by atoms with Crippen molar-refractivity contribution in [3.8, 4) is 0 Å². The summed E-state index contributed by atoms with van der Waals surface area (Å²) in [7, 11) is -2.39. The first-order valence-electron chi connectivity index (χ1n) is 6.36. The summed E-state index contributed by atoms with van der Waals surface area (Å²) in [6.07, 6.45) is 2.29. The summed E-state index contributed by atoms with van der Waals surface area (Å²) in [5.41, 5.74) is 5.65. The van der Waals surface area contributed by atoms with Gasteiger partial charge < -0.3 is 10.5 Å². The molecule has 0 aliphatic carbocycles. The van der Waals surface area contributed by atoms with Crippen molar-refractivity contribution in [2.45, 2.75) is 30.0 Å². The van der Waals surface area contributed by atoms with Crippen molar-refractivity contribution < 1.29 is 17.5 Å². The molecule has 20 heavy (non-hydrogen) atoms. The minimum atomic E-state index is -3.97. The predicted octanol–water partition coefficient (Wildman–Crippen LogP) is 0.348. The van der Waals surface area contributed by atoms with Gasteiger partial charge in [0.05, 0.1) is 6.10 Å². The van der Waals surface area contributed by atoms with Gasteiger partial charge in [-0.3, -0.25) is 0 Å². The fraction of sp³-hybridized carbons (Fsp3) is 0.583. The summed E-state index contributed by atoms with van der Waals surface area (Å²) in [6, 6.07) is 2.03. The monoisotopic (exact) mass is 303 g/mol. The van der Waals surface area contributed by atoms with E-state index in [1.165, 1.54) is 16.6 Å². The standard InChI is InChI=1S/C12H18FN3O3S/c1-19-10-4-6-16(9(7-10)8-14)20(17,18)12-11(13)3-2-5-15-12/h2-3,5,9-10H,4,6-8,14H2,1H3. The number of halogens is 1. The summed E-state index contributed by atoms with van der Waals surface area (Å²) in [6.45, 7) is 0.409. The van der Waals surface area contributed by atoms with Crippen LogP contribution < -0.4 is 5.73 Å². The van der Waals surface area contributed by atoms with Crippen molar-refractivity contribution in [2.24, 2.45) is 5.73 Å². The van der Waals surface area contributed by atoms with Gasteiger partial charge in [-0.05, 0) is 25.0 Å². The maximum Gasteiger partial charge on any atom is 0.263 e. The zero-order valence-corrected chi connectivity index (χ0v) is 12.0. The van der Waals surface area contributed by atoms with Gasteiger partial charge in [-0.15, -0.1) is 0 Å². The molecule has 1 aliphatic rings. The largest absolute Gasteiger partial charge is 0.381 e. The highest BCUT2D eigenvalue weighted by molar-refractivity contribution is 7.89. The number of rotatable bonds is 4. The molecular weight excluding hydrogens is 285 g/mol. The first kappa shape index (κ1) is 15.3. The highest BCUT2D eigenvalue weighted by Gasteiger charge is 2.38. The Morgan fingerprint density at radius 2 is 2.35 bits per heavy atom. The third kappa shape index (κ3) is 2.83. The first-order valence-corrected chi connectivity index (χ1v) is 7.80. The number of methoxy groups -OCH3 is 1. The van der Waals surface area contributed by atoms with Crippen LogP contribution in [0, 0.1) is 5.82 Å². The van der Waals surface area contributed by atoms with Crippen LogP contribution in [0.25, 0.3) is 0 Å². The molecule has 0 bridgehead atoms. The van der Waals surface area contributed by atoms with Gasteiger partial charge in [-0.2, -0.15) is 4.31 Å². The van der Waals surface area contributed by atoms with E-state index in [2.05, 4.69) is 4.98 Å². The molecule has 2 N–H and O–H groups in total. The third-order valence-electron chi connectivity index (χ3n) is 3.50. The van der Waals surface area contributed by atoms with Gasteiger partial charge >= 0.3 is 0 Å². The first-order chi connectivity index (χ1) is 9.50. The summed E-state index contributed by atoms with van der Waals surface area (Å²) >= 11 is 0. The van der Waals surface area contributed by atoms with E-state index in [-0.39, 0.29) is 19.2 Å². The molecule has 2 unspecified atom stereocenters. The second-order valence-electron chi connectivity index (χ2n) is 4.68. The predicted molar refractivity (Wildman–Crippen MR) is 71.0 cm³/mol. The van der Waals surface area contributed by atoms with Crippen LogP contribution in [0.5, 0.6) is 0 Å². The second kappa shape index (κ2) is 6.13. The normalized spacial score (nSPS) is 24.8. The lowest BCUT2D eigenvalue weighted by atomic mass is 10.0. The number of hydrogen-bond acceptors (Lipinski definition) is 5. The van der Waals surface area contributed by atoms with Crippen LogP contribution in [-0.2, 0) is 14.8 Å². The van der Waals surface area contributed by atoms with Gasteiger partial charge in [0.2, 0.25) is 5.03 Å². The Labute approximate surface area is 117 Å². The van der Waals surface area contributed by atoms with Crippen LogP contribution in [0.15, 0.2) is 23.4 Å². The zero-order chi connectivity index (χ0) is 14.8. The number of aromatic nitrogens is 1. The molecule has 0 aromatic carbocycles. The van der Waals surface area contributed by atoms with E-state index in [0.29, 0.717) is 12.8 Å². The van der Waals surface area contributed by atoms with E-state index in [0.717, 1.165) is 6.07 Å². The summed E-state index contributed by atoms with van der Waals surface area (Å²) < 4.78 is 45.2. The maximum absolute atomic E-state index is 13.7. The number of ether oxygens (including phenoxy) is 1. The van der Waals surface area contributed by atoms with Gasteiger partial charge in [0.15, 0.2) is 5.82 Å². The fourth-order valence-corrected chi connectivity index (χ4v) is 4.05. The SMILES string of the molecule is COC1CCN(S(=O)(=O)c2ncccc2F)C(CN)C1. The summed E-state index contributed by atoms with van der Waals surface area (Å²) in [5, 5.41) is -0.547. The highest BCUT2D eigenvalue weighted by Crippen LogP contribution is 2.26. The van der Waals surface area contributed by atoms with Gasteiger partial charge in [-0.25, -0.2) is 17.8 Å². The summed E-state index contributed by atoms with van der Waals surface area (Å²) in [4.78, 5) is 3.66. The van der Waals surface area contributed by atoms with Crippen molar-refractivity contribution in [3.63, 3.8) is 0 Å². The van der Waals surface area contributed by atoms with Crippen LogP contribution >= 0.6 is 0 Å². The number of piperidine rings is 1. The molecule has 2 atom stereocenters. The molecule has 0 radical (unpaired) electrons. The maximum atomic E-state index is 13.7. The Balaban J connectivity index is 2.32. The Bertz CT molecular complexity index is 567. The minimum Gasteiger partial charge on any atom is -0.381 e. The number of pyridine rings is 1. The Hall–Kier alpha value is -1.09. The molecule has 112 valence electrons. The van der Waals surface area contributed by atoms with Gasteiger partial charge in [0.25, 0.3) is 10.0 Å². The van der Waals surface area contributed by atoms with E-state index >= 15 is 0 Å². The molecule has 6 nitrogen and oxygen atoms in total. The molecule has 1 fully saturated rings. The molecule has 2 heterocycles. The van der Waals surface area contributed by atoms with E-state index < -0.39 is 26.9 Å². The average Bonchev–Trinajstić information content (AvgIpc) is 2.46. The van der Waals surface area contributed by atoms with E-state index in [1.54, 1.807) is 7.11 Å². The topological polar surface area (TPSA) is 85.5 Å². The summed E-state index contributed by atoms with van der Waals surface area (Å²) in [5.74, 6) is -0.850. The molecule has 1 aromatic heterocycles. The van der Waals surface area contributed by atoms with E-state index in [1.807, 2.05) is 0 Å². The Morgan fingerprint density at radius 3 is 2.95 bits per heavy atom. The van der Waals surface area contributed by atoms with Gasteiger partial charge in [0.1, 0.15) is 0 Å². The second-order valence-corrected chi connectivity index (χ2v) is 6.48. The number of hydrogen-bond donors (Lipinski definition) is 1. The Kier molecular flexibility index (Phi) is 4.69. The van der Waals surface area contributed by atoms with E-state index in [4.69, 9.17) is 10.5 Å². The lowest BCUT2D eigenvalue weighted by molar-refractivity contribution is 0.0400. The van der Waals surface area contributed by atoms with Crippen molar-refractivity contribution in [1.29, 1.82) is 0 Å². The lowest BCUT2D eigenvalue weighted by Crippen LogP contribution is -2.51. The smallest absolute Gasteiger partial charge is 0.263 e. The van der Waals surface area contributed by atoms with Crippen LogP contribution in [0.4, 0.5) is 4.39 Å². The van der Waals surface area contributed by atoms with Crippen LogP contribution in [0.3, 0.4) is 0 Å². The molecule has 0 saturated carbocycles. The fourth-order valence-electron chi connectivity index (χ4n) is 2.41. The van der Waals surface area contributed by atoms with Crippen molar-refractivity contribution >= 4 is 10.0 Å². The van der Waals surface area contributed by atoms with Crippen molar-refractivity contribution in [2.75, 3.05) is 20.2 Å². The van der Waals surface area contributed by atoms with Crippen molar-refractivity contribution in [1.82, 2.24) is 9.29 Å². The van der Waals surface area contributed by atoms with Gasteiger partial charge in [-0.1, -0.05) is 0 Å². The zero-order valence-electron chi connectivity index (χ0n) is 11.2. The molecule has 1 saturated heterocycles. The quantitative estimate of drug-likeness (QED) is 0.867. The van der Waals surface area contributed by atoms with Crippen LogP contribution in [0.1, 0.15) is 12.8 Å². The highest BCUT2D eigenvalue weighted by atomic mass is 32.2. The van der Waals surface area contributed by atoms with E-state index in [9.17, 15) is 12.8 Å².